The lowest BCUT2D eigenvalue weighted by Crippen LogP contribution is -2.12. The number of anilines is 1. The van der Waals surface area contributed by atoms with E-state index >= 15 is 0 Å². The Bertz CT molecular complexity index is 984. The summed E-state index contributed by atoms with van der Waals surface area (Å²) < 4.78 is 11.3. The molecule has 1 unspecified atom stereocenters. The Morgan fingerprint density at radius 1 is 1.00 bits per heavy atom. The van der Waals surface area contributed by atoms with Gasteiger partial charge in [-0.15, -0.1) is 0 Å². The van der Waals surface area contributed by atoms with Gasteiger partial charge in [0, 0.05) is 16.3 Å². The highest BCUT2D eigenvalue weighted by molar-refractivity contribution is 6.30. The van der Waals surface area contributed by atoms with Crippen LogP contribution in [0.5, 0.6) is 11.5 Å². The van der Waals surface area contributed by atoms with E-state index in [1.807, 2.05) is 36.4 Å². The van der Waals surface area contributed by atoms with Crippen LogP contribution in [0.2, 0.25) is 5.02 Å². The first kappa shape index (κ1) is 21.7. The Morgan fingerprint density at radius 3 is 2.33 bits per heavy atom. The molecule has 0 aliphatic heterocycles. The van der Waals surface area contributed by atoms with Crippen LogP contribution < -0.4 is 14.8 Å². The highest BCUT2D eigenvalue weighted by Gasteiger charge is 2.12. The monoisotopic (exact) mass is 423 g/mol. The number of carbonyl (C=O) groups excluding carboxylic acids is 1. The zero-order chi connectivity index (χ0) is 21.5. The molecule has 0 saturated heterocycles. The van der Waals surface area contributed by atoms with Crippen LogP contribution in [-0.2, 0) is 6.61 Å². The lowest BCUT2D eigenvalue weighted by atomic mass is 9.98. The summed E-state index contributed by atoms with van der Waals surface area (Å²) in [5, 5.41) is 3.61. The maximum atomic E-state index is 12.7. The van der Waals surface area contributed by atoms with Crippen molar-refractivity contribution in [1.29, 1.82) is 0 Å². The number of rotatable bonds is 8. The molecule has 4 nitrogen and oxygen atoms in total. The lowest BCUT2D eigenvalue weighted by Gasteiger charge is -2.13. The molecule has 0 aliphatic carbocycles. The predicted molar refractivity (Wildman–Crippen MR) is 122 cm³/mol. The van der Waals surface area contributed by atoms with E-state index < -0.39 is 0 Å². The van der Waals surface area contributed by atoms with E-state index in [1.54, 1.807) is 25.3 Å². The largest absolute Gasteiger partial charge is 0.493 e. The summed E-state index contributed by atoms with van der Waals surface area (Å²) in [5.74, 6) is 1.37. The van der Waals surface area contributed by atoms with Crippen LogP contribution in [0.1, 0.15) is 47.7 Å². The lowest BCUT2D eigenvalue weighted by molar-refractivity contribution is 0.102. The summed E-state index contributed by atoms with van der Waals surface area (Å²) in [5.41, 5.74) is 3.51. The van der Waals surface area contributed by atoms with E-state index in [0.29, 0.717) is 34.6 Å². The molecule has 1 N–H and O–H groups in total. The van der Waals surface area contributed by atoms with E-state index in [9.17, 15) is 4.79 Å². The predicted octanol–water partition coefficient (Wildman–Crippen LogP) is 6.69. The second kappa shape index (κ2) is 10.2. The van der Waals surface area contributed by atoms with Gasteiger partial charge in [0.05, 0.1) is 7.11 Å². The average molecular weight is 424 g/mol. The second-order valence-corrected chi connectivity index (χ2v) is 7.60. The third-order valence-corrected chi connectivity index (χ3v) is 5.34. The van der Waals surface area contributed by atoms with E-state index in [0.717, 1.165) is 17.7 Å². The fraction of sp³-hybridized carbons (Fsp3) is 0.240. The maximum Gasteiger partial charge on any atom is 0.255 e. The standard InChI is InChI=1S/C25H26ClNO3/c1-4-17(2)19-7-12-22(13-8-19)27-25(28)20-9-14-23(24(15-20)29-3)30-16-18-5-10-21(26)11-6-18/h5-15,17H,4,16H2,1-3H3,(H,27,28). The Kier molecular flexibility index (Phi) is 7.36. The van der Waals surface area contributed by atoms with Crippen LogP contribution in [0.4, 0.5) is 5.69 Å². The van der Waals surface area contributed by atoms with Gasteiger partial charge in [0.2, 0.25) is 0 Å². The van der Waals surface area contributed by atoms with Crippen LogP contribution in [0.25, 0.3) is 0 Å². The summed E-state index contributed by atoms with van der Waals surface area (Å²) >= 11 is 5.91. The summed E-state index contributed by atoms with van der Waals surface area (Å²) in [6.45, 7) is 4.73. The minimum Gasteiger partial charge on any atom is -0.493 e. The van der Waals surface area contributed by atoms with Crippen LogP contribution in [0.15, 0.2) is 66.7 Å². The molecule has 3 aromatic rings. The van der Waals surface area contributed by atoms with Crippen molar-refractivity contribution in [3.05, 3.63) is 88.4 Å². The number of benzene rings is 3. The normalized spacial score (nSPS) is 11.6. The average Bonchev–Trinajstić information content (AvgIpc) is 2.78. The quantitative estimate of drug-likeness (QED) is 0.438. The SMILES string of the molecule is CCC(C)c1ccc(NC(=O)c2ccc(OCc3ccc(Cl)cc3)c(OC)c2)cc1. The van der Waals surface area contributed by atoms with Gasteiger partial charge in [-0.1, -0.05) is 49.7 Å². The highest BCUT2D eigenvalue weighted by Crippen LogP contribution is 2.29. The van der Waals surface area contributed by atoms with Crippen LogP contribution in [0, 0.1) is 0 Å². The number of nitrogens with one attached hydrogen (secondary N) is 1. The minimum atomic E-state index is -0.200. The molecule has 0 spiro atoms. The van der Waals surface area contributed by atoms with Gasteiger partial charge in [0.1, 0.15) is 6.61 Å². The van der Waals surface area contributed by atoms with E-state index in [-0.39, 0.29) is 5.91 Å². The molecule has 1 amide bonds. The van der Waals surface area contributed by atoms with Gasteiger partial charge in [0.15, 0.2) is 11.5 Å². The van der Waals surface area contributed by atoms with Crippen molar-refractivity contribution in [1.82, 2.24) is 0 Å². The summed E-state index contributed by atoms with van der Waals surface area (Å²) in [4.78, 5) is 12.7. The Hall–Kier alpha value is -2.98. The number of halogens is 1. The van der Waals surface area contributed by atoms with Crippen molar-refractivity contribution in [3.8, 4) is 11.5 Å². The summed E-state index contributed by atoms with van der Waals surface area (Å²) in [6.07, 6.45) is 1.08. The number of carbonyl (C=O) groups is 1. The molecule has 0 saturated carbocycles. The first-order valence-corrected chi connectivity index (χ1v) is 10.3. The third-order valence-electron chi connectivity index (χ3n) is 5.08. The van der Waals surface area contributed by atoms with Crippen LogP contribution in [-0.4, -0.2) is 13.0 Å². The van der Waals surface area contributed by atoms with Crippen molar-refractivity contribution in [2.24, 2.45) is 0 Å². The number of ether oxygens (including phenoxy) is 2. The molecule has 0 aliphatic rings. The van der Waals surface area contributed by atoms with Crippen molar-refractivity contribution >= 4 is 23.2 Å². The van der Waals surface area contributed by atoms with Gasteiger partial charge < -0.3 is 14.8 Å². The van der Waals surface area contributed by atoms with E-state index in [1.165, 1.54) is 5.56 Å². The molecule has 30 heavy (non-hydrogen) atoms. The van der Waals surface area contributed by atoms with Gasteiger partial charge in [0.25, 0.3) is 5.91 Å². The van der Waals surface area contributed by atoms with Crippen molar-refractivity contribution in [2.75, 3.05) is 12.4 Å². The fourth-order valence-corrected chi connectivity index (χ4v) is 3.13. The molecule has 1 atom stereocenters. The number of hydrogen-bond donors (Lipinski definition) is 1. The molecule has 0 aromatic heterocycles. The summed E-state index contributed by atoms with van der Waals surface area (Å²) in [7, 11) is 1.56. The summed E-state index contributed by atoms with van der Waals surface area (Å²) in [6, 6.07) is 20.6. The zero-order valence-electron chi connectivity index (χ0n) is 17.4. The highest BCUT2D eigenvalue weighted by atomic mass is 35.5. The van der Waals surface area contributed by atoms with Crippen LogP contribution in [0.3, 0.4) is 0 Å². The second-order valence-electron chi connectivity index (χ2n) is 7.17. The molecule has 0 heterocycles. The minimum absolute atomic E-state index is 0.200. The maximum absolute atomic E-state index is 12.7. The first-order chi connectivity index (χ1) is 14.5. The molecular formula is C25H26ClNO3. The Labute approximate surface area is 182 Å². The number of amides is 1. The van der Waals surface area contributed by atoms with Gasteiger partial charge in [-0.3, -0.25) is 4.79 Å². The zero-order valence-corrected chi connectivity index (χ0v) is 18.2. The first-order valence-electron chi connectivity index (χ1n) is 9.96. The molecular weight excluding hydrogens is 398 g/mol. The Balaban J connectivity index is 1.67. The Morgan fingerprint density at radius 2 is 1.70 bits per heavy atom. The fourth-order valence-electron chi connectivity index (χ4n) is 3.00. The smallest absolute Gasteiger partial charge is 0.255 e. The van der Waals surface area contributed by atoms with Gasteiger partial charge in [-0.25, -0.2) is 0 Å². The van der Waals surface area contributed by atoms with Crippen molar-refractivity contribution in [3.63, 3.8) is 0 Å². The van der Waals surface area contributed by atoms with E-state index in [4.69, 9.17) is 21.1 Å². The molecule has 0 fully saturated rings. The van der Waals surface area contributed by atoms with Gasteiger partial charge >= 0.3 is 0 Å². The van der Waals surface area contributed by atoms with Crippen molar-refractivity contribution < 1.29 is 14.3 Å². The molecule has 3 rings (SSSR count). The molecule has 3 aromatic carbocycles. The molecule has 156 valence electrons. The topological polar surface area (TPSA) is 47.6 Å². The van der Waals surface area contributed by atoms with Crippen LogP contribution >= 0.6 is 11.6 Å². The number of methoxy groups -OCH3 is 1. The van der Waals surface area contributed by atoms with Gasteiger partial charge in [-0.2, -0.15) is 0 Å². The molecule has 0 radical (unpaired) electrons. The molecule has 0 bridgehead atoms. The third kappa shape index (κ3) is 5.55. The van der Waals surface area contributed by atoms with Crippen molar-refractivity contribution in [2.45, 2.75) is 32.8 Å². The number of hydrogen-bond acceptors (Lipinski definition) is 3. The van der Waals surface area contributed by atoms with Gasteiger partial charge in [-0.05, 0) is 65.9 Å². The molecule has 5 heteroatoms. The van der Waals surface area contributed by atoms with E-state index in [2.05, 4.69) is 31.3 Å².